The molecule has 4 heteroatoms. The molecule has 0 aromatic heterocycles. The predicted octanol–water partition coefficient (Wildman–Crippen LogP) is 2.72. The molecule has 3 atom stereocenters. The van der Waals surface area contributed by atoms with E-state index in [2.05, 4.69) is 32.0 Å². The van der Waals surface area contributed by atoms with Crippen molar-refractivity contribution in [1.82, 2.24) is 4.90 Å². The fourth-order valence-corrected chi connectivity index (χ4v) is 2.89. The first-order valence-corrected chi connectivity index (χ1v) is 8.12. The van der Waals surface area contributed by atoms with Gasteiger partial charge in [0.15, 0.2) is 0 Å². The molecule has 1 heterocycles. The second-order valence-corrected chi connectivity index (χ2v) is 6.59. The molecule has 3 unspecified atom stereocenters. The van der Waals surface area contributed by atoms with Crippen LogP contribution in [-0.2, 0) is 9.53 Å². The fourth-order valence-electron chi connectivity index (χ4n) is 2.89. The number of hydrogen-bond acceptors (Lipinski definition) is 3. The number of morpholine rings is 1. The van der Waals surface area contributed by atoms with Crippen molar-refractivity contribution in [3.8, 4) is 0 Å². The van der Waals surface area contributed by atoms with Crippen molar-refractivity contribution in [3.63, 3.8) is 0 Å². The van der Waals surface area contributed by atoms with Crippen LogP contribution in [0.15, 0.2) is 18.2 Å². The molecule has 0 spiro atoms. The first kappa shape index (κ1) is 17.0. The number of benzene rings is 1. The highest BCUT2D eigenvalue weighted by Crippen LogP contribution is 2.28. The van der Waals surface area contributed by atoms with E-state index in [-0.39, 0.29) is 24.1 Å². The highest BCUT2D eigenvalue weighted by molar-refractivity contribution is 5.76. The summed E-state index contributed by atoms with van der Waals surface area (Å²) in [6, 6.07) is 6.59. The lowest BCUT2D eigenvalue weighted by Gasteiger charge is -2.39. The molecular formula is C18H28N2O2. The van der Waals surface area contributed by atoms with Crippen LogP contribution < -0.4 is 5.73 Å². The number of carbonyl (C=O) groups excluding carboxylic acids is 1. The van der Waals surface area contributed by atoms with Crippen LogP contribution in [0.25, 0.3) is 0 Å². The summed E-state index contributed by atoms with van der Waals surface area (Å²) in [6.07, 6.45) is 1.22. The fraction of sp³-hybridized carbons (Fsp3) is 0.611. The Morgan fingerprint density at radius 3 is 2.86 bits per heavy atom. The van der Waals surface area contributed by atoms with Crippen molar-refractivity contribution in [3.05, 3.63) is 34.9 Å². The summed E-state index contributed by atoms with van der Waals surface area (Å²) in [6.45, 7) is 9.38. The number of rotatable bonds is 4. The molecule has 0 radical (unpaired) electrons. The van der Waals surface area contributed by atoms with Crippen molar-refractivity contribution < 1.29 is 9.53 Å². The summed E-state index contributed by atoms with van der Waals surface area (Å²) < 4.78 is 6.00. The average Bonchev–Trinajstić information content (AvgIpc) is 2.48. The minimum atomic E-state index is -0.0321. The molecule has 0 aliphatic carbocycles. The maximum absolute atomic E-state index is 12.5. The third-order valence-corrected chi connectivity index (χ3v) is 4.35. The normalized spacial score (nSPS) is 23.4. The van der Waals surface area contributed by atoms with Crippen LogP contribution in [0.3, 0.4) is 0 Å². The number of ether oxygens (including phenoxy) is 1. The van der Waals surface area contributed by atoms with E-state index in [1.165, 1.54) is 16.7 Å². The molecule has 4 nitrogen and oxygen atoms in total. The highest BCUT2D eigenvalue weighted by Gasteiger charge is 2.30. The third-order valence-electron chi connectivity index (χ3n) is 4.35. The van der Waals surface area contributed by atoms with E-state index in [0.29, 0.717) is 19.6 Å². The first-order valence-electron chi connectivity index (χ1n) is 8.12. The van der Waals surface area contributed by atoms with Crippen molar-refractivity contribution in [2.24, 2.45) is 5.73 Å². The maximum Gasteiger partial charge on any atom is 0.223 e. The van der Waals surface area contributed by atoms with Gasteiger partial charge in [-0.05, 0) is 45.2 Å². The molecule has 1 aliphatic heterocycles. The molecule has 22 heavy (non-hydrogen) atoms. The van der Waals surface area contributed by atoms with Crippen LogP contribution in [0.1, 0.15) is 49.5 Å². The lowest BCUT2D eigenvalue weighted by atomic mass is 9.98. The van der Waals surface area contributed by atoms with Gasteiger partial charge >= 0.3 is 0 Å². The van der Waals surface area contributed by atoms with Gasteiger partial charge in [0.25, 0.3) is 0 Å². The van der Waals surface area contributed by atoms with Crippen LogP contribution in [0, 0.1) is 13.8 Å². The summed E-state index contributed by atoms with van der Waals surface area (Å²) >= 11 is 0. The van der Waals surface area contributed by atoms with Crippen molar-refractivity contribution in [1.29, 1.82) is 0 Å². The van der Waals surface area contributed by atoms with Gasteiger partial charge in [-0.1, -0.05) is 23.8 Å². The quantitative estimate of drug-likeness (QED) is 0.930. The minimum absolute atomic E-state index is 0.0321. The van der Waals surface area contributed by atoms with E-state index in [1.54, 1.807) is 0 Å². The molecule has 122 valence electrons. The lowest BCUT2D eigenvalue weighted by Crippen LogP contribution is -2.48. The first-order chi connectivity index (χ1) is 10.4. The van der Waals surface area contributed by atoms with Gasteiger partial charge in [0, 0.05) is 12.5 Å². The van der Waals surface area contributed by atoms with Crippen LogP contribution in [0.2, 0.25) is 0 Å². The molecule has 1 aromatic rings. The molecule has 0 bridgehead atoms. The number of hydrogen-bond donors (Lipinski definition) is 1. The van der Waals surface area contributed by atoms with Crippen molar-refractivity contribution in [2.45, 2.75) is 58.7 Å². The molecule has 0 saturated carbocycles. The van der Waals surface area contributed by atoms with E-state index in [0.717, 1.165) is 6.42 Å². The van der Waals surface area contributed by atoms with Crippen LogP contribution in [0.5, 0.6) is 0 Å². The zero-order valence-corrected chi connectivity index (χ0v) is 14.1. The molecule has 1 aromatic carbocycles. The Morgan fingerprint density at radius 2 is 2.18 bits per heavy atom. The Labute approximate surface area is 133 Å². The average molecular weight is 304 g/mol. The number of carbonyl (C=O) groups is 1. The van der Waals surface area contributed by atoms with Gasteiger partial charge in [0.1, 0.15) is 6.10 Å². The Kier molecular flexibility index (Phi) is 5.59. The Hall–Kier alpha value is -1.39. The monoisotopic (exact) mass is 304 g/mol. The summed E-state index contributed by atoms with van der Waals surface area (Å²) in [4.78, 5) is 14.4. The Bertz CT molecular complexity index is 528. The summed E-state index contributed by atoms with van der Waals surface area (Å²) in [5.74, 6) is 0.184. The minimum Gasteiger partial charge on any atom is -0.370 e. The van der Waals surface area contributed by atoms with Crippen LogP contribution in [0.4, 0.5) is 0 Å². The third kappa shape index (κ3) is 4.08. The van der Waals surface area contributed by atoms with E-state index >= 15 is 0 Å². The Morgan fingerprint density at radius 1 is 1.45 bits per heavy atom. The topological polar surface area (TPSA) is 55.6 Å². The van der Waals surface area contributed by atoms with Crippen molar-refractivity contribution >= 4 is 5.91 Å². The zero-order chi connectivity index (χ0) is 16.3. The smallest absolute Gasteiger partial charge is 0.223 e. The number of nitrogens with zero attached hydrogens (tertiary/aromatic N) is 1. The molecule has 1 aliphatic rings. The van der Waals surface area contributed by atoms with E-state index in [1.807, 2.05) is 18.7 Å². The van der Waals surface area contributed by atoms with E-state index in [4.69, 9.17) is 10.5 Å². The molecule has 2 rings (SSSR count). The largest absolute Gasteiger partial charge is 0.370 e. The number of amides is 1. The van der Waals surface area contributed by atoms with Crippen LogP contribution >= 0.6 is 0 Å². The van der Waals surface area contributed by atoms with E-state index < -0.39 is 0 Å². The number of aryl methyl sites for hydroxylation is 2. The second kappa shape index (κ2) is 7.25. The lowest BCUT2D eigenvalue weighted by molar-refractivity contribution is -0.144. The van der Waals surface area contributed by atoms with Gasteiger partial charge in [-0.15, -0.1) is 0 Å². The molecule has 1 fully saturated rings. The SMILES string of the molecule is Cc1ccc(C)c(C2CN(C(=O)CCC(C)N)C(C)CO2)c1. The Balaban J connectivity index is 2.10. The summed E-state index contributed by atoms with van der Waals surface area (Å²) in [5, 5.41) is 0. The molecule has 1 saturated heterocycles. The van der Waals surface area contributed by atoms with E-state index in [9.17, 15) is 4.79 Å². The van der Waals surface area contributed by atoms with Gasteiger partial charge in [-0.25, -0.2) is 0 Å². The van der Waals surface area contributed by atoms with Gasteiger partial charge in [0.05, 0.1) is 19.2 Å². The highest BCUT2D eigenvalue weighted by atomic mass is 16.5. The van der Waals surface area contributed by atoms with Gasteiger partial charge in [0.2, 0.25) is 5.91 Å². The van der Waals surface area contributed by atoms with Gasteiger partial charge in [-0.3, -0.25) is 4.79 Å². The number of nitrogens with two attached hydrogens (primary N) is 1. The zero-order valence-electron chi connectivity index (χ0n) is 14.1. The van der Waals surface area contributed by atoms with Gasteiger partial charge < -0.3 is 15.4 Å². The van der Waals surface area contributed by atoms with Crippen LogP contribution in [-0.4, -0.2) is 36.0 Å². The van der Waals surface area contributed by atoms with Crippen molar-refractivity contribution in [2.75, 3.05) is 13.2 Å². The van der Waals surface area contributed by atoms with Gasteiger partial charge in [-0.2, -0.15) is 0 Å². The summed E-state index contributed by atoms with van der Waals surface area (Å²) in [7, 11) is 0. The molecule has 1 amide bonds. The second-order valence-electron chi connectivity index (χ2n) is 6.59. The molecular weight excluding hydrogens is 276 g/mol. The molecule has 2 N–H and O–H groups in total. The summed E-state index contributed by atoms with van der Waals surface area (Å²) in [5.41, 5.74) is 9.39. The standard InChI is InChI=1S/C18H28N2O2/c1-12-5-6-13(2)16(9-12)17-10-20(15(4)11-22-17)18(21)8-7-14(3)19/h5-6,9,14-15,17H,7-8,10-11,19H2,1-4H3. The maximum atomic E-state index is 12.5. The predicted molar refractivity (Wildman–Crippen MR) is 88.7 cm³/mol.